The van der Waals surface area contributed by atoms with Crippen LogP contribution in [0.15, 0.2) is 0 Å². The fraction of sp³-hybridized carbons (Fsp3) is 1.00. The monoisotopic (exact) mass is 95.1 g/mol. The lowest BCUT2D eigenvalue weighted by atomic mass is 10.8. The van der Waals surface area contributed by atoms with Crippen molar-refractivity contribution in [3.63, 3.8) is 0 Å². The zero-order valence-electron chi connectivity index (χ0n) is 3.40. The molecule has 0 aliphatic heterocycles. The van der Waals surface area contributed by atoms with Gasteiger partial charge in [-0.25, -0.2) is 0 Å². The summed E-state index contributed by atoms with van der Waals surface area (Å²) in [6, 6.07) is 0. The zero-order valence-corrected chi connectivity index (χ0v) is 4.81. The lowest BCUT2D eigenvalue weighted by molar-refractivity contribution is 0.607. The Morgan fingerprint density at radius 1 is 1.80 bits per heavy atom. The lowest BCUT2D eigenvalue weighted by Gasteiger charge is -1.53. The van der Waals surface area contributed by atoms with Gasteiger partial charge in [0.05, 0.1) is 9.12 Å². The van der Waals surface area contributed by atoms with E-state index in [0.29, 0.717) is 9.12 Å². The van der Waals surface area contributed by atoms with Crippen molar-refractivity contribution in [2.24, 2.45) is 5.73 Å². The molecule has 0 rings (SSSR count). The van der Waals surface area contributed by atoms with Crippen molar-refractivity contribution in [3.8, 4) is 0 Å². The topological polar surface area (TPSA) is 43.1 Å². The van der Waals surface area contributed by atoms with Crippen LogP contribution in [0.1, 0.15) is 6.92 Å². The molecule has 1 unspecified atom stereocenters. The van der Waals surface area contributed by atoms with Gasteiger partial charge in [-0.05, 0) is 6.54 Å². The van der Waals surface area contributed by atoms with Crippen molar-refractivity contribution < 1.29 is 4.57 Å². The molecule has 3 heteroatoms. The average molecular weight is 95.1 g/mol. The Balaban J connectivity index is 0. The molecule has 0 saturated heterocycles. The van der Waals surface area contributed by atoms with Gasteiger partial charge in [-0.3, -0.25) is 0 Å². The van der Waals surface area contributed by atoms with Gasteiger partial charge in [-0.15, -0.1) is 0 Å². The van der Waals surface area contributed by atoms with Gasteiger partial charge in [0.1, 0.15) is 0 Å². The van der Waals surface area contributed by atoms with Crippen LogP contribution in [0, 0.1) is 0 Å². The fourth-order valence-electron chi connectivity index (χ4n) is 0. The number of rotatable bonds is 0. The van der Waals surface area contributed by atoms with Crippen molar-refractivity contribution in [1.82, 2.24) is 0 Å². The summed E-state index contributed by atoms with van der Waals surface area (Å²) in [5.74, 6) is 0. The minimum absolute atomic E-state index is 0.611. The second-order valence-electron chi connectivity index (χ2n) is 0.408. The summed E-state index contributed by atoms with van der Waals surface area (Å²) in [7, 11) is 0.611. The van der Waals surface area contributed by atoms with Crippen LogP contribution in [0.5, 0.6) is 0 Å². The lowest BCUT2D eigenvalue weighted by Crippen LogP contribution is -1.87. The summed E-state index contributed by atoms with van der Waals surface area (Å²) in [5.41, 5.74) is 4.85. The first-order valence-corrected chi connectivity index (χ1v) is 1.98. The molecule has 0 aromatic rings. The number of hydrogen-bond donors (Lipinski definition) is 1. The normalized spacial score (nSPS) is 5.20. The highest BCUT2D eigenvalue weighted by Crippen LogP contribution is 1.23. The third kappa shape index (κ3) is 557. The summed E-state index contributed by atoms with van der Waals surface area (Å²) < 4.78 is 8.28. The van der Waals surface area contributed by atoms with Gasteiger partial charge in [0, 0.05) is 0 Å². The van der Waals surface area contributed by atoms with Crippen molar-refractivity contribution in [2.75, 3.05) is 6.54 Å². The maximum atomic E-state index is 8.28. The van der Waals surface area contributed by atoms with E-state index in [0.717, 1.165) is 6.54 Å². The molecule has 34 valence electrons. The molecule has 0 radical (unpaired) electrons. The molecule has 0 heterocycles. The van der Waals surface area contributed by atoms with Gasteiger partial charge < -0.3 is 10.3 Å². The second kappa shape index (κ2) is 30.1. The van der Waals surface area contributed by atoms with Gasteiger partial charge in [0.15, 0.2) is 0 Å². The first-order valence-electron chi connectivity index (χ1n) is 1.40. The van der Waals surface area contributed by atoms with Gasteiger partial charge in [-0.1, -0.05) is 6.92 Å². The van der Waals surface area contributed by atoms with Gasteiger partial charge >= 0.3 is 0 Å². The van der Waals surface area contributed by atoms with Gasteiger partial charge in [0.2, 0.25) is 0 Å². The van der Waals surface area contributed by atoms with E-state index >= 15 is 0 Å². The molecule has 0 saturated carbocycles. The van der Waals surface area contributed by atoms with E-state index < -0.39 is 0 Å². The smallest absolute Gasteiger partial charge is 0.0527 e. The number of nitrogens with two attached hydrogens (primary N) is 1. The van der Waals surface area contributed by atoms with E-state index in [1.54, 1.807) is 0 Å². The third-order valence-electron chi connectivity index (χ3n) is 0. The Morgan fingerprint density at radius 2 is 1.80 bits per heavy atom. The molecular formula is C2H10NOP. The molecule has 1 atom stereocenters. The van der Waals surface area contributed by atoms with E-state index in [2.05, 4.69) is 0 Å². The van der Waals surface area contributed by atoms with E-state index in [9.17, 15) is 0 Å². The van der Waals surface area contributed by atoms with Crippen LogP contribution in [-0.4, -0.2) is 6.54 Å². The van der Waals surface area contributed by atoms with Crippen molar-refractivity contribution in [1.29, 1.82) is 0 Å². The quantitative estimate of drug-likeness (QED) is 0.427. The minimum atomic E-state index is 0.611. The Labute approximate surface area is 34.0 Å². The summed E-state index contributed by atoms with van der Waals surface area (Å²) in [6.45, 7) is 2.65. The van der Waals surface area contributed by atoms with Crippen LogP contribution in [0.25, 0.3) is 0 Å². The summed E-state index contributed by atoms with van der Waals surface area (Å²) in [4.78, 5) is 0. The molecule has 0 aromatic carbocycles. The minimum Gasteiger partial charge on any atom is -0.333 e. The first-order chi connectivity index (χ1) is 2.41. The fourth-order valence-corrected chi connectivity index (χ4v) is 0. The van der Waals surface area contributed by atoms with E-state index in [1.165, 1.54) is 0 Å². The van der Waals surface area contributed by atoms with Crippen molar-refractivity contribution >= 4 is 9.12 Å². The maximum absolute atomic E-state index is 8.28. The van der Waals surface area contributed by atoms with Crippen LogP contribution in [0.2, 0.25) is 0 Å². The van der Waals surface area contributed by atoms with Crippen LogP contribution < -0.4 is 5.73 Å². The molecule has 0 aromatic heterocycles. The molecule has 0 spiro atoms. The predicted molar refractivity (Wildman–Crippen MR) is 26.5 cm³/mol. The maximum Gasteiger partial charge on any atom is 0.0527 e. The highest BCUT2D eigenvalue weighted by atomic mass is 31.0. The standard InChI is InChI=1S/C2H7N.H3OP/c1-2-3;1-2/h2-3H2,1H3;2H3. The molecule has 2 nitrogen and oxygen atoms in total. The molecule has 0 aliphatic rings. The summed E-state index contributed by atoms with van der Waals surface area (Å²) in [5, 5.41) is 0. The van der Waals surface area contributed by atoms with Crippen molar-refractivity contribution in [3.05, 3.63) is 0 Å². The predicted octanol–water partition coefficient (Wildman–Crippen LogP) is -0.0957. The number of hydrogen-bond acceptors (Lipinski definition) is 2. The Morgan fingerprint density at radius 3 is 1.80 bits per heavy atom. The summed E-state index contributed by atoms with van der Waals surface area (Å²) >= 11 is 0. The summed E-state index contributed by atoms with van der Waals surface area (Å²) in [6.07, 6.45) is 0. The van der Waals surface area contributed by atoms with Crippen LogP contribution in [-0.2, 0) is 4.57 Å². The first kappa shape index (κ1) is 8.95. The third-order valence-corrected chi connectivity index (χ3v) is 0. The molecule has 2 N–H and O–H groups in total. The molecule has 0 amide bonds. The van der Waals surface area contributed by atoms with Gasteiger partial charge in [-0.2, -0.15) is 0 Å². The molecule has 0 bridgehead atoms. The molecular weight excluding hydrogens is 85.0 g/mol. The molecule has 0 aliphatic carbocycles. The highest BCUT2D eigenvalue weighted by Gasteiger charge is 1.32. The zero-order chi connectivity index (χ0) is 4.71. The SMILES string of the molecule is CCN.O=[PH3]. The van der Waals surface area contributed by atoms with E-state index in [-0.39, 0.29) is 0 Å². The Hall–Kier alpha value is 0.190. The van der Waals surface area contributed by atoms with Crippen LogP contribution in [0.3, 0.4) is 0 Å². The Kier molecular flexibility index (Phi) is 53.9. The highest BCUT2D eigenvalue weighted by molar-refractivity contribution is 7.00. The van der Waals surface area contributed by atoms with Crippen molar-refractivity contribution in [2.45, 2.75) is 6.92 Å². The van der Waals surface area contributed by atoms with Crippen LogP contribution in [0.4, 0.5) is 0 Å². The molecule has 0 fully saturated rings. The van der Waals surface area contributed by atoms with E-state index in [1.807, 2.05) is 6.92 Å². The van der Waals surface area contributed by atoms with Gasteiger partial charge in [0.25, 0.3) is 0 Å². The molecule has 5 heavy (non-hydrogen) atoms. The Bertz CT molecular complexity index is 13.6. The van der Waals surface area contributed by atoms with E-state index in [4.69, 9.17) is 10.3 Å². The second-order valence-corrected chi connectivity index (χ2v) is 0.408. The largest absolute Gasteiger partial charge is 0.333 e. The average Bonchev–Trinajstić information content (AvgIpc) is 1.46. The van der Waals surface area contributed by atoms with Crippen LogP contribution >= 0.6 is 9.12 Å².